The van der Waals surface area contributed by atoms with Crippen molar-refractivity contribution >= 4 is 17.3 Å². The Morgan fingerprint density at radius 2 is 2.25 bits per heavy atom. The number of rotatable bonds is 3. The van der Waals surface area contributed by atoms with Gasteiger partial charge >= 0.3 is 0 Å². The van der Waals surface area contributed by atoms with E-state index < -0.39 is 0 Å². The topological polar surface area (TPSA) is 85.2 Å². The lowest BCUT2D eigenvalue weighted by atomic mass is 10.2. The fraction of sp³-hybridized carbons (Fsp3) is 0.200. The lowest BCUT2D eigenvalue weighted by Crippen LogP contribution is -1.92. The molecule has 1 aromatic carbocycles. The van der Waals surface area contributed by atoms with Crippen LogP contribution >= 0.6 is 11.6 Å². The van der Waals surface area contributed by atoms with Crippen molar-refractivity contribution in [3.05, 3.63) is 29.0 Å². The second kappa shape index (κ2) is 4.51. The molecule has 0 aliphatic heterocycles. The summed E-state index contributed by atoms with van der Waals surface area (Å²) in [6.45, 7) is -0.0122. The first-order valence-electron chi connectivity index (χ1n) is 4.69. The zero-order chi connectivity index (χ0) is 11.5. The third-order valence-electron chi connectivity index (χ3n) is 2.05. The number of anilines is 1. The van der Waals surface area contributed by atoms with Crippen LogP contribution in [0.25, 0.3) is 11.5 Å². The third-order valence-corrected chi connectivity index (χ3v) is 2.39. The molecule has 0 spiro atoms. The molecule has 0 saturated heterocycles. The van der Waals surface area contributed by atoms with E-state index in [1.165, 1.54) is 0 Å². The Balaban J connectivity index is 2.31. The van der Waals surface area contributed by atoms with Gasteiger partial charge in [-0.2, -0.15) is 4.98 Å². The van der Waals surface area contributed by atoms with Gasteiger partial charge in [0.1, 0.15) is 0 Å². The molecule has 0 amide bonds. The van der Waals surface area contributed by atoms with Crippen LogP contribution in [0, 0.1) is 0 Å². The summed E-state index contributed by atoms with van der Waals surface area (Å²) in [6.07, 6.45) is 0.368. The predicted molar refractivity (Wildman–Crippen MR) is 59.9 cm³/mol. The van der Waals surface area contributed by atoms with Crippen LogP contribution < -0.4 is 5.73 Å². The Bertz CT molecular complexity index is 499. The molecule has 6 heteroatoms. The lowest BCUT2D eigenvalue weighted by molar-refractivity contribution is 0.293. The van der Waals surface area contributed by atoms with Crippen LogP contribution in [-0.4, -0.2) is 21.9 Å². The first kappa shape index (κ1) is 10.9. The zero-order valence-electron chi connectivity index (χ0n) is 8.35. The van der Waals surface area contributed by atoms with E-state index in [9.17, 15) is 0 Å². The summed E-state index contributed by atoms with van der Waals surface area (Å²) in [6, 6.07) is 5.08. The number of aromatic nitrogens is 2. The molecule has 0 aliphatic carbocycles. The van der Waals surface area contributed by atoms with Crippen molar-refractivity contribution in [1.82, 2.24) is 10.1 Å². The molecular formula is C10H10ClN3O2. The van der Waals surface area contributed by atoms with E-state index in [0.717, 1.165) is 0 Å². The van der Waals surface area contributed by atoms with E-state index in [2.05, 4.69) is 10.1 Å². The molecule has 0 aliphatic rings. The summed E-state index contributed by atoms with van der Waals surface area (Å²) in [5.41, 5.74) is 6.83. The Kier molecular flexibility index (Phi) is 3.07. The average Bonchev–Trinajstić information content (AvgIpc) is 2.71. The van der Waals surface area contributed by atoms with Crippen molar-refractivity contribution in [2.75, 3.05) is 12.3 Å². The molecular weight excluding hydrogens is 230 g/mol. The van der Waals surface area contributed by atoms with Gasteiger partial charge in [-0.3, -0.25) is 0 Å². The first-order chi connectivity index (χ1) is 7.70. The quantitative estimate of drug-likeness (QED) is 0.793. The molecule has 0 saturated carbocycles. The maximum absolute atomic E-state index is 8.72. The van der Waals surface area contributed by atoms with Gasteiger partial charge in [0.25, 0.3) is 5.89 Å². The molecule has 84 valence electrons. The maximum Gasteiger partial charge on any atom is 0.257 e. The molecule has 3 N–H and O–H groups in total. The number of benzene rings is 1. The molecule has 1 heterocycles. The second-order valence-electron chi connectivity index (χ2n) is 3.23. The molecule has 0 radical (unpaired) electrons. The Hall–Kier alpha value is -1.59. The van der Waals surface area contributed by atoms with E-state index in [1.54, 1.807) is 18.2 Å². The predicted octanol–water partition coefficient (Wildman–Crippen LogP) is 1.51. The number of nitrogens with zero attached hydrogens (tertiary/aromatic N) is 2. The van der Waals surface area contributed by atoms with Gasteiger partial charge in [0, 0.05) is 12.0 Å². The summed E-state index contributed by atoms with van der Waals surface area (Å²) in [5, 5.41) is 12.9. The van der Waals surface area contributed by atoms with Gasteiger partial charge in [-0.05, 0) is 18.2 Å². The van der Waals surface area contributed by atoms with Gasteiger partial charge in [0.2, 0.25) is 0 Å². The fourth-order valence-electron chi connectivity index (χ4n) is 1.25. The smallest absolute Gasteiger partial charge is 0.257 e. The van der Waals surface area contributed by atoms with Crippen molar-refractivity contribution in [3.8, 4) is 11.5 Å². The highest BCUT2D eigenvalue weighted by Gasteiger charge is 2.09. The monoisotopic (exact) mass is 239 g/mol. The summed E-state index contributed by atoms with van der Waals surface area (Å²) in [7, 11) is 0. The fourth-order valence-corrected chi connectivity index (χ4v) is 1.37. The van der Waals surface area contributed by atoms with Crippen molar-refractivity contribution in [2.45, 2.75) is 6.42 Å². The number of nitrogens with two attached hydrogens (primary N) is 1. The molecule has 0 bridgehead atoms. The summed E-state index contributed by atoms with van der Waals surface area (Å²) in [5.74, 6) is 0.831. The van der Waals surface area contributed by atoms with Crippen LogP contribution in [-0.2, 0) is 6.42 Å². The van der Waals surface area contributed by atoms with Crippen molar-refractivity contribution in [1.29, 1.82) is 0 Å². The second-order valence-corrected chi connectivity index (χ2v) is 3.63. The van der Waals surface area contributed by atoms with E-state index in [4.69, 9.17) is 27.0 Å². The van der Waals surface area contributed by atoms with Crippen LogP contribution in [0.15, 0.2) is 22.7 Å². The number of aliphatic hydroxyl groups is 1. The van der Waals surface area contributed by atoms with E-state index in [1.807, 2.05) is 0 Å². The highest BCUT2D eigenvalue weighted by molar-refractivity contribution is 6.33. The molecule has 0 unspecified atom stereocenters. The number of halogens is 1. The summed E-state index contributed by atoms with van der Waals surface area (Å²) >= 11 is 5.80. The van der Waals surface area contributed by atoms with Gasteiger partial charge in [-0.1, -0.05) is 16.8 Å². The minimum atomic E-state index is -0.0122. The van der Waals surface area contributed by atoms with Crippen LogP contribution in [0.5, 0.6) is 0 Å². The summed E-state index contributed by atoms with van der Waals surface area (Å²) in [4.78, 5) is 4.10. The highest BCUT2D eigenvalue weighted by Crippen LogP contribution is 2.25. The SMILES string of the molecule is Nc1cc(-c2nc(CCO)no2)ccc1Cl. The minimum absolute atomic E-state index is 0.0122. The normalized spacial score (nSPS) is 10.6. The molecule has 2 rings (SSSR count). The summed E-state index contributed by atoms with van der Waals surface area (Å²) < 4.78 is 5.03. The maximum atomic E-state index is 8.72. The van der Waals surface area contributed by atoms with Crippen LogP contribution in [0.2, 0.25) is 5.02 Å². The molecule has 5 nitrogen and oxygen atoms in total. The molecule has 0 fully saturated rings. The first-order valence-corrected chi connectivity index (χ1v) is 5.07. The van der Waals surface area contributed by atoms with Gasteiger partial charge in [0.05, 0.1) is 17.3 Å². The number of hydrogen-bond donors (Lipinski definition) is 2. The molecule has 16 heavy (non-hydrogen) atoms. The number of nitrogen functional groups attached to an aromatic ring is 1. The van der Waals surface area contributed by atoms with E-state index in [-0.39, 0.29) is 6.61 Å². The lowest BCUT2D eigenvalue weighted by Gasteiger charge is -1.98. The zero-order valence-corrected chi connectivity index (χ0v) is 9.11. The van der Waals surface area contributed by atoms with Crippen molar-refractivity contribution in [3.63, 3.8) is 0 Å². The van der Waals surface area contributed by atoms with Gasteiger partial charge in [-0.25, -0.2) is 0 Å². The number of aliphatic hydroxyl groups excluding tert-OH is 1. The van der Waals surface area contributed by atoms with E-state index in [0.29, 0.717) is 34.4 Å². The molecule has 1 aromatic heterocycles. The van der Waals surface area contributed by atoms with Crippen molar-refractivity contribution in [2.24, 2.45) is 0 Å². The average molecular weight is 240 g/mol. The molecule has 0 atom stereocenters. The Labute approximate surface area is 96.8 Å². The highest BCUT2D eigenvalue weighted by atomic mass is 35.5. The third kappa shape index (κ3) is 2.15. The van der Waals surface area contributed by atoms with Gasteiger partial charge in [-0.15, -0.1) is 0 Å². The van der Waals surface area contributed by atoms with Crippen molar-refractivity contribution < 1.29 is 9.63 Å². The van der Waals surface area contributed by atoms with E-state index >= 15 is 0 Å². The standard InChI is InChI=1S/C10H10ClN3O2/c11-7-2-1-6(5-8(7)12)10-13-9(3-4-15)14-16-10/h1-2,5,15H,3-4,12H2. The van der Waals surface area contributed by atoms with Crippen LogP contribution in [0.3, 0.4) is 0 Å². The largest absolute Gasteiger partial charge is 0.398 e. The van der Waals surface area contributed by atoms with Gasteiger partial charge in [0.15, 0.2) is 5.82 Å². The van der Waals surface area contributed by atoms with Crippen LogP contribution in [0.1, 0.15) is 5.82 Å². The Morgan fingerprint density at radius 3 is 2.94 bits per heavy atom. The van der Waals surface area contributed by atoms with Gasteiger partial charge < -0.3 is 15.4 Å². The minimum Gasteiger partial charge on any atom is -0.398 e. The molecule has 2 aromatic rings. The Morgan fingerprint density at radius 1 is 1.44 bits per heavy atom. The van der Waals surface area contributed by atoms with Crippen LogP contribution in [0.4, 0.5) is 5.69 Å². The number of hydrogen-bond acceptors (Lipinski definition) is 5.